The third-order valence-electron chi connectivity index (χ3n) is 4.71. The average Bonchev–Trinajstić information content (AvgIpc) is 3.17. The Labute approximate surface area is 332 Å². The second-order valence-electron chi connectivity index (χ2n) is 9.51. The van der Waals surface area contributed by atoms with E-state index in [-0.39, 0.29) is 57.6 Å². The smallest absolute Gasteiger partial charge is 0.333 e. The van der Waals surface area contributed by atoms with Crippen LogP contribution in [-0.4, -0.2) is 140 Å². The Morgan fingerprint density at radius 2 is 0.895 bits per heavy atom. The summed E-state index contributed by atoms with van der Waals surface area (Å²) in [5, 5.41) is 73.1. The summed E-state index contributed by atoms with van der Waals surface area (Å²) >= 11 is 0. The van der Waals surface area contributed by atoms with E-state index in [0.29, 0.717) is 25.0 Å². The molecule has 0 saturated carbocycles. The maximum absolute atomic E-state index is 10.6. The number of esters is 3. The van der Waals surface area contributed by atoms with E-state index in [1.807, 2.05) is 6.92 Å². The van der Waals surface area contributed by atoms with Crippen LogP contribution < -0.4 is 0 Å². The van der Waals surface area contributed by atoms with Crippen LogP contribution in [0.2, 0.25) is 0 Å². The Kier molecular flexibility index (Phi) is 62.6. The van der Waals surface area contributed by atoms with E-state index in [2.05, 4.69) is 60.3 Å². The number of carbonyl (C=O) groups excluding carboxylic acids is 3. The van der Waals surface area contributed by atoms with Gasteiger partial charge in [-0.1, -0.05) is 53.0 Å². The predicted octanol–water partition coefficient (Wildman–Crippen LogP) is 2.19. The van der Waals surface area contributed by atoms with Crippen LogP contribution in [0.1, 0.15) is 47.0 Å². The van der Waals surface area contributed by atoms with Crippen molar-refractivity contribution in [1.29, 1.82) is 0 Å². The molecule has 0 aromatic heterocycles. The highest BCUT2D eigenvalue weighted by atomic mass is 16.5. The Bertz CT molecular complexity index is 1160. The summed E-state index contributed by atoms with van der Waals surface area (Å²) < 4.78 is 13.4. The van der Waals surface area contributed by atoms with Gasteiger partial charge in [-0.2, -0.15) is 0 Å². The minimum atomic E-state index is -0.989. The molecule has 20 nitrogen and oxygen atoms in total. The first-order chi connectivity index (χ1) is 26.3. The molecule has 0 spiro atoms. The molecule has 0 fully saturated rings. The summed E-state index contributed by atoms with van der Waals surface area (Å²) in [5.74, 6) is -6.22. The van der Waals surface area contributed by atoms with E-state index >= 15 is 0 Å². The quantitative estimate of drug-likeness (QED) is 0.0414. The molecule has 328 valence electrons. The van der Waals surface area contributed by atoms with E-state index in [0.717, 1.165) is 30.4 Å². The summed E-state index contributed by atoms with van der Waals surface area (Å²) in [6, 6.07) is 0. The van der Waals surface area contributed by atoms with Crippen molar-refractivity contribution >= 4 is 47.8 Å². The SMILES string of the molecule is C=C(C)C(=O)O.C=C(C)C(=O)OCCCO.C=CC(=O)O.C=CC(=O)O.C=CC(=O)O.C=CC(=O)OCC.C=CC(=O)OCCC(=O)O.CCC(CO)(CO)CO. The molecular formula is C37H60O20. The highest BCUT2D eigenvalue weighted by molar-refractivity contribution is 5.87. The topological polar surface area (TPSA) is 346 Å². The van der Waals surface area contributed by atoms with Crippen LogP contribution in [-0.2, 0) is 52.6 Å². The maximum Gasteiger partial charge on any atom is 0.333 e. The zero-order chi connectivity index (χ0) is 47.0. The fourth-order valence-corrected chi connectivity index (χ4v) is 1.34. The number of carboxylic acids is 5. The number of rotatable bonds is 18. The number of carbonyl (C=O) groups is 8. The van der Waals surface area contributed by atoms with Crippen LogP contribution in [0.3, 0.4) is 0 Å². The lowest BCUT2D eigenvalue weighted by Crippen LogP contribution is -2.32. The van der Waals surface area contributed by atoms with Crippen molar-refractivity contribution < 1.29 is 98.5 Å². The Morgan fingerprint density at radius 1 is 0.561 bits per heavy atom. The molecule has 0 saturated heterocycles. The molecule has 20 heteroatoms. The lowest BCUT2D eigenvalue weighted by atomic mass is 9.88. The minimum Gasteiger partial charge on any atom is -0.481 e. The lowest BCUT2D eigenvalue weighted by molar-refractivity contribution is -0.143. The molecule has 9 N–H and O–H groups in total. The fraction of sp³-hybridized carbons (Fsp3) is 0.405. The van der Waals surface area contributed by atoms with Crippen LogP contribution in [0.25, 0.3) is 0 Å². The van der Waals surface area contributed by atoms with Gasteiger partial charge in [-0.3, -0.25) is 4.79 Å². The molecular weight excluding hydrogens is 764 g/mol. The van der Waals surface area contributed by atoms with Gasteiger partial charge < -0.3 is 60.2 Å². The van der Waals surface area contributed by atoms with Crippen LogP contribution in [0.5, 0.6) is 0 Å². The lowest BCUT2D eigenvalue weighted by Gasteiger charge is -2.24. The zero-order valence-corrected chi connectivity index (χ0v) is 32.9. The molecule has 0 aromatic carbocycles. The molecule has 0 heterocycles. The van der Waals surface area contributed by atoms with E-state index in [1.165, 1.54) is 6.92 Å². The van der Waals surface area contributed by atoms with E-state index in [4.69, 9.17) is 46.0 Å². The average molecular weight is 825 g/mol. The third-order valence-corrected chi connectivity index (χ3v) is 4.71. The van der Waals surface area contributed by atoms with Crippen LogP contribution in [0, 0.1) is 5.41 Å². The van der Waals surface area contributed by atoms with Crippen molar-refractivity contribution in [2.45, 2.75) is 47.0 Å². The standard InChI is InChI=1S/C7H12O3.C6H8O4.C6H14O3.C5H8O2.C4H6O2.3C3H4O2/c1-6(2)7(9)10-5-3-4-8;1-2-6(9)10-4-3-5(7)8;1-2-6(3-7,4-8)5-9;1-3-5(6)7-4-2;1-3(2)4(5)6;3*1-2-3(4)5/h8H,1,3-5H2,2H3;2H,1,3-4H2,(H,7,8);7-9H,2-5H2,1H3;3H,1,4H2,2H3;1H2,2H3,(H,5,6);3*2H,1H2,(H,4,5). The summed E-state index contributed by atoms with van der Waals surface area (Å²) in [6.45, 7) is 28.5. The zero-order valence-electron chi connectivity index (χ0n) is 32.9. The summed E-state index contributed by atoms with van der Waals surface area (Å²) in [6.07, 6.45) is 5.54. The van der Waals surface area contributed by atoms with Gasteiger partial charge in [0, 0.05) is 60.0 Å². The minimum absolute atomic E-state index is 0.0451. The molecule has 0 aliphatic carbocycles. The first kappa shape index (κ1) is 68.8. The number of aliphatic hydroxyl groups is 4. The van der Waals surface area contributed by atoms with Gasteiger partial charge in [-0.05, 0) is 27.2 Å². The van der Waals surface area contributed by atoms with E-state index < -0.39 is 47.2 Å². The largest absolute Gasteiger partial charge is 0.481 e. The molecule has 0 bridgehead atoms. The van der Waals surface area contributed by atoms with Gasteiger partial charge in [-0.25, -0.2) is 33.6 Å². The van der Waals surface area contributed by atoms with Gasteiger partial charge in [0.15, 0.2) is 0 Å². The second kappa shape index (κ2) is 51.9. The number of hydrogen-bond donors (Lipinski definition) is 9. The molecule has 0 radical (unpaired) electrons. The Hall–Kier alpha value is -6.22. The van der Waals surface area contributed by atoms with Gasteiger partial charge >= 0.3 is 47.8 Å². The molecule has 0 aliphatic rings. The van der Waals surface area contributed by atoms with Crippen molar-refractivity contribution in [2.24, 2.45) is 5.41 Å². The highest BCUT2D eigenvalue weighted by Gasteiger charge is 2.24. The van der Waals surface area contributed by atoms with Crippen molar-refractivity contribution in [2.75, 3.05) is 46.2 Å². The monoisotopic (exact) mass is 824 g/mol. The fourth-order valence-electron chi connectivity index (χ4n) is 1.34. The van der Waals surface area contributed by atoms with E-state index in [9.17, 15) is 38.4 Å². The van der Waals surface area contributed by atoms with Crippen LogP contribution >= 0.6 is 0 Å². The normalized spacial score (nSPS) is 8.35. The van der Waals surface area contributed by atoms with Crippen molar-refractivity contribution in [1.82, 2.24) is 0 Å². The molecule has 0 aliphatic heterocycles. The van der Waals surface area contributed by atoms with Crippen molar-refractivity contribution in [3.05, 3.63) is 87.6 Å². The number of ether oxygens (including phenoxy) is 3. The first-order valence-corrected chi connectivity index (χ1v) is 15.9. The first-order valence-electron chi connectivity index (χ1n) is 15.9. The number of carboxylic acid groups (broad SMARTS) is 5. The summed E-state index contributed by atoms with van der Waals surface area (Å²) in [7, 11) is 0. The Morgan fingerprint density at radius 3 is 1.05 bits per heavy atom. The number of hydrogen-bond acceptors (Lipinski definition) is 15. The van der Waals surface area contributed by atoms with Gasteiger partial charge in [0.25, 0.3) is 0 Å². The van der Waals surface area contributed by atoms with Crippen LogP contribution in [0.15, 0.2) is 87.6 Å². The summed E-state index contributed by atoms with van der Waals surface area (Å²) in [4.78, 5) is 78.1. The van der Waals surface area contributed by atoms with Gasteiger partial charge in [0.2, 0.25) is 0 Å². The molecule has 0 unspecified atom stereocenters. The second-order valence-corrected chi connectivity index (χ2v) is 9.51. The molecule has 0 atom stereocenters. The number of aliphatic carboxylic acids is 5. The Balaban J connectivity index is -0.0000000815. The van der Waals surface area contributed by atoms with Crippen molar-refractivity contribution in [3.8, 4) is 0 Å². The van der Waals surface area contributed by atoms with Gasteiger partial charge in [0.1, 0.15) is 6.61 Å². The maximum atomic E-state index is 10.6. The van der Waals surface area contributed by atoms with Crippen LogP contribution in [0.4, 0.5) is 0 Å². The van der Waals surface area contributed by atoms with E-state index in [1.54, 1.807) is 13.8 Å². The van der Waals surface area contributed by atoms with Crippen molar-refractivity contribution in [3.63, 3.8) is 0 Å². The van der Waals surface area contributed by atoms with Gasteiger partial charge in [-0.15, -0.1) is 0 Å². The molecule has 0 rings (SSSR count). The third kappa shape index (κ3) is 79.6. The summed E-state index contributed by atoms with van der Waals surface area (Å²) in [5.41, 5.74) is -0.104. The van der Waals surface area contributed by atoms with Gasteiger partial charge in [0.05, 0.1) is 39.5 Å². The molecule has 0 amide bonds. The molecule has 57 heavy (non-hydrogen) atoms. The number of aliphatic hydroxyl groups excluding tert-OH is 4. The molecule has 0 aromatic rings. The predicted molar refractivity (Wildman–Crippen MR) is 208 cm³/mol. The highest BCUT2D eigenvalue weighted by Crippen LogP contribution is 2.18.